The number of benzene rings is 1. The smallest absolute Gasteiger partial charge is 0.316 e. The van der Waals surface area contributed by atoms with Crippen LogP contribution < -0.4 is 5.56 Å². The number of carbonyl (C=O) groups excluding carboxylic acids is 1. The highest BCUT2D eigenvalue weighted by Gasteiger charge is 2.33. The van der Waals surface area contributed by atoms with Gasteiger partial charge in [0, 0.05) is 6.54 Å². The molecular formula is C22H30N2O3S. The van der Waals surface area contributed by atoms with Gasteiger partial charge in [-0.1, -0.05) is 51.1 Å². The zero-order valence-electron chi connectivity index (χ0n) is 17.2. The van der Waals surface area contributed by atoms with Gasteiger partial charge in [-0.25, -0.2) is 4.98 Å². The lowest BCUT2D eigenvalue weighted by atomic mass is 9.75. The second-order valence-electron chi connectivity index (χ2n) is 8.10. The predicted molar refractivity (Wildman–Crippen MR) is 114 cm³/mol. The van der Waals surface area contributed by atoms with Crippen molar-refractivity contribution in [2.24, 2.45) is 17.8 Å². The molecule has 0 N–H and O–H groups in total. The normalized spacial score (nSPS) is 22.5. The molecule has 1 fully saturated rings. The van der Waals surface area contributed by atoms with Gasteiger partial charge in [-0.15, -0.1) is 0 Å². The Morgan fingerprint density at radius 1 is 1.32 bits per heavy atom. The number of hydrogen-bond acceptors (Lipinski definition) is 5. The maximum atomic E-state index is 12.7. The third-order valence-corrected chi connectivity index (χ3v) is 6.66. The van der Waals surface area contributed by atoms with Crippen molar-refractivity contribution in [1.82, 2.24) is 9.55 Å². The zero-order chi connectivity index (χ0) is 20.3. The lowest BCUT2D eigenvalue weighted by Crippen LogP contribution is -2.36. The SMILES string of the molecule is CCn1c(SCC(=O)OC2CC(C)CCC2C(C)C)nc2ccccc2c1=O. The van der Waals surface area contributed by atoms with Crippen LogP contribution in [0.3, 0.4) is 0 Å². The van der Waals surface area contributed by atoms with Crippen LogP contribution in [0.4, 0.5) is 0 Å². The van der Waals surface area contributed by atoms with Crippen LogP contribution in [0.15, 0.2) is 34.2 Å². The number of thioether (sulfide) groups is 1. The minimum Gasteiger partial charge on any atom is -0.461 e. The summed E-state index contributed by atoms with van der Waals surface area (Å²) >= 11 is 1.29. The van der Waals surface area contributed by atoms with E-state index < -0.39 is 0 Å². The molecule has 0 saturated heterocycles. The molecule has 5 nitrogen and oxygen atoms in total. The first kappa shape index (κ1) is 20.9. The number of esters is 1. The molecule has 1 aromatic carbocycles. The van der Waals surface area contributed by atoms with E-state index in [-0.39, 0.29) is 23.4 Å². The molecule has 1 heterocycles. The molecule has 0 bridgehead atoms. The van der Waals surface area contributed by atoms with Crippen molar-refractivity contribution in [3.05, 3.63) is 34.6 Å². The quantitative estimate of drug-likeness (QED) is 0.404. The maximum absolute atomic E-state index is 12.7. The van der Waals surface area contributed by atoms with Gasteiger partial charge in [-0.05, 0) is 49.7 Å². The highest BCUT2D eigenvalue weighted by molar-refractivity contribution is 7.99. The standard InChI is InChI=1S/C22H30N2O3S/c1-5-24-21(26)17-8-6-7-9-18(17)23-22(24)28-13-20(25)27-19-12-15(4)10-11-16(19)14(2)3/h6-9,14-16,19H,5,10-13H2,1-4H3. The van der Waals surface area contributed by atoms with Crippen molar-refractivity contribution in [2.45, 2.75) is 64.8 Å². The summed E-state index contributed by atoms with van der Waals surface area (Å²) in [6.07, 6.45) is 3.25. The molecule has 0 amide bonds. The van der Waals surface area contributed by atoms with Crippen molar-refractivity contribution in [1.29, 1.82) is 0 Å². The molecule has 0 spiro atoms. The third kappa shape index (κ3) is 4.59. The summed E-state index contributed by atoms with van der Waals surface area (Å²) in [5, 5.41) is 1.17. The number of hydrogen-bond donors (Lipinski definition) is 0. The zero-order valence-corrected chi connectivity index (χ0v) is 18.0. The van der Waals surface area contributed by atoms with Gasteiger partial charge in [0.2, 0.25) is 0 Å². The Morgan fingerprint density at radius 3 is 2.79 bits per heavy atom. The minimum absolute atomic E-state index is 0.00483. The Morgan fingerprint density at radius 2 is 2.07 bits per heavy atom. The molecule has 0 radical (unpaired) electrons. The van der Waals surface area contributed by atoms with Gasteiger partial charge < -0.3 is 4.74 Å². The molecule has 2 aromatic rings. The Hall–Kier alpha value is -1.82. The van der Waals surface area contributed by atoms with Crippen molar-refractivity contribution in [3.63, 3.8) is 0 Å². The van der Waals surface area contributed by atoms with Crippen LogP contribution in [-0.4, -0.2) is 27.4 Å². The lowest BCUT2D eigenvalue weighted by Gasteiger charge is -2.36. The fraction of sp³-hybridized carbons (Fsp3) is 0.591. The van der Waals surface area contributed by atoms with Gasteiger partial charge in [-0.3, -0.25) is 14.2 Å². The van der Waals surface area contributed by atoms with E-state index in [0.29, 0.717) is 40.4 Å². The van der Waals surface area contributed by atoms with Gasteiger partial charge >= 0.3 is 5.97 Å². The van der Waals surface area contributed by atoms with Gasteiger partial charge in [0.05, 0.1) is 16.7 Å². The molecule has 1 aliphatic rings. The van der Waals surface area contributed by atoms with Gasteiger partial charge in [-0.2, -0.15) is 0 Å². The molecule has 0 aliphatic heterocycles. The first-order chi connectivity index (χ1) is 13.4. The largest absolute Gasteiger partial charge is 0.461 e. The van der Waals surface area contributed by atoms with Crippen molar-refractivity contribution < 1.29 is 9.53 Å². The van der Waals surface area contributed by atoms with Crippen molar-refractivity contribution >= 4 is 28.6 Å². The van der Waals surface area contributed by atoms with Crippen LogP contribution in [0.1, 0.15) is 47.0 Å². The summed E-state index contributed by atoms with van der Waals surface area (Å²) < 4.78 is 7.50. The van der Waals surface area contributed by atoms with E-state index in [9.17, 15) is 9.59 Å². The van der Waals surface area contributed by atoms with E-state index in [1.54, 1.807) is 10.6 Å². The highest BCUT2D eigenvalue weighted by Crippen LogP contribution is 2.35. The molecular weight excluding hydrogens is 372 g/mol. The van der Waals surface area contributed by atoms with Crippen LogP contribution in [0.5, 0.6) is 0 Å². The first-order valence-corrected chi connectivity index (χ1v) is 11.2. The van der Waals surface area contributed by atoms with Gasteiger partial charge in [0.15, 0.2) is 5.16 Å². The number of para-hydroxylation sites is 1. The molecule has 28 heavy (non-hydrogen) atoms. The van der Waals surface area contributed by atoms with Crippen LogP contribution in [-0.2, 0) is 16.1 Å². The molecule has 1 saturated carbocycles. The number of ether oxygens (including phenoxy) is 1. The molecule has 3 unspecified atom stereocenters. The van der Waals surface area contributed by atoms with Crippen LogP contribution in [0, 0.1) is 17.8 Å². The average Bonchev–Trinajstić information content (AvgIpc) is 2.66. The molecule has 3 atom stereocenters. The minimum atomic E-state index is -0.222. The second kappa shape index (κ2) is 9.12. The van der Waals surface area contributed by atoms with Crippen molar-refractivity contribution in [2.75, 3.05) is 5.75 Å². The van der Waals surface area contributed by atoms with E-state index in [1.807, 2.05) is 25.1 Å². The summed E-state index contributed by atoms with van der Waals surface area (Å²) in [6, 6.07) is 7.32. The topological polar surface area (TPSA) is 61.2 Å². The molecule has 1 aromatic heterocycles. The summed E-state index contributed by atoms with van der Waals surface area (Å²) in [6.45, 7) is 9.07. The average molecular weight is 403 g/mol. The highest BCUT2D eigenvalue weighted by atomic mass is 32.2. The first-order valence-electron chi connectivity index (χ1n) is 10.2. The van der Waals surface area contributed by atoms with E-state index in [4.69, 9.17) is 4.74 Å². The number of fused-ring (bicyclic) bond motifs is 1. The number of nitrogens with zero attached hydrogens (tertiary/aromatic N) is 2. The fourth-order valence-electron chi connectivity index (χ4n) is 4.11. The summed E-state index contributed by atoms with van der Waals surface area (Å²) in [4.78, 5) is 29.8. The fourth-order valence-corrected chi connectivity index (χ4v) is 4.96. The molecule has 1 aliphatic carbocycles. The Kier molecular flexibility index (Phi) is 6.81. The predicted octanol–water partition coefficient (Wildman–Crippen LogP) is 4.51. The summed E-state index contributed by atoms with van der Waals surface area (Å²) in [7, 11) is 0. The number of aromatic nitrogens is 2. The van der Waals surface area contributed by atoms with E-state index in [1.165, 1.54) is 18.2 Å². The Labute approximate surface area is 170 Å². The summed E-state index contributed by atoms with van der Waals surface area (Å²) in [5.74, 6) is 1.47. The van der Waals surface area contributed by atoms with Gasteiger partial charge in [0.25, 0.3) is 5.56 Å². The van der Waals surface area contributed by atoms with Crippen LogP contribution in [0.2, 0.25) is 0 Å². The van der Waals surface area contributed by atoms with Crippen LogP contribution in [0.25, 0.3) is 10.9 Å². The molecule has 152 valence electrons. The summed E-state index contributed by atoms with van der Waals surface area (Å²) in [5.41, 5.74) is 0.596. The lowest BCUT2D eigenvalue weighted by molar-refractivity contribution is -0.152. The Bertz CT molecular complexity index is 893. The van der Waals surface area contributed by atoms with Crippen LogP contribution >= 0.6 is 11.8 Å². The van der Waals surface area contributed by atoms with Crippen molar-refractivity contribution in [3.8, 4) is 0 Å². The van der Waals surface area contributed by atoms with E-state index >= 15 is 0 Å². The number of rotatable bonds is 6. The third-order valence-electron chi connectivity index (χ3n) is 5.71. The van der Waals surface area contributed by atoms with Gasteiger partial charge in [0.1, 0.15) is 6.10 Å². The van der Waals surface area contributed by atoms with E-state index in [2.05, 4.69) is 25.8 Å². The Balaban J connectivity index is 1.71. The maximum Gasteiger partial charge on any atom is 0.316 e. The van der Waals surface area contributed by atoms with E-state index in [0.717, 1.165) is 12.8 Å². The second-order valence-corrected chi connectivity index (χ2v) is 9.05. The number of carbonyl (C=O) groups is 1. The monoisotopic (exact) mass is 402 g/mol. The molecule has 6 heteroatoms. The molecule has 3 rings (SSSR count).